The third kappa shape index (κ3) is 9.37. The molecule has 21 heteroatoms. The second-order valence-electron chi connectivity index (χ2n) is 23.2. The molecule has 8 aromatic rings. The van der Waals surface area contributed by atoms with E-state index in [1.807, 2.05) is 41.1 Å². The summed E-state index contributed by atoms with van der Waals surface area (Å²) in [5, 5.41) is 15.8. The first-order chi connectivity index (χ1) is 41.1. The number of pyridine rings is 2. The summed E-state index contributed by atoms with van der Waals surface area (Å²) in [7, 11) is 0. The van der Waals surface area contributed by atoms with Crippen molar-refractivity contribution < 1.29 is 31.5 Å². The van der Waals surface area contributed by atoms with Crippen molar-refractivity contribution in [1.29, 1.82) is 0 Å². The largest absolute Gasteiger partial charge is 0.303 e. The average Bonchev–Trinajstić information content (AvgIpc) is 1.58. The Morgan fingerprint density at radius 2 is 1.02 bits per heavy atom. The van der Waals surface area contributed by atoms with Gasteiger partial charge in [0.05, 0.1) is 35.9 Å². The number of rotatable bonds is 10. The van der Waals surface area contributed by atoms with Gasteiger partial charge in [-0.25, -0.2) is 31.9 Å². The van der Waals surface area contributed by atoms with Crippen molar-refractivity contribution in [3.05, 3.63) is 209 Å². The van der Waals surface area contributed by atoms with E-state index in [9.17, 15) is 36.7 Å². The van der Waals surface area contributed by atoms with E-state index in [4.69, 9.17) is 28.2 Å². The predicted octanol–water partition coefficient (Wildman–Crippen LogP) is 12.9. The number of hydrogen-bond acceptors (Lipinski definition) is 10. The fourth-order valence-electron chi connectivity index (χ4n) is 13.8. The fourth-order valence-corrected chi connectivity index (χ4v) is 14.2. The van der Waals surface area contributed by atoms with Crippen LogP contribution in [0.25, 0.3) is 44.8 Å². The normalized spacial score (nSPS) is 22.1. The van der Waals surface area contributed by atoms with E-state index in [0.29, 0.717) is 112 Å². The fraction of sp³-hybridized carbons (Fsp3) is 0.281. The molecule has 0 saturated heterocycles. The molecule has 8 heterocycles. The molecule has 4 aromatic heterocycles. The Labute approximate surface area is 490 Å². The van der Waals surface area contributed by atoms with Crippen molar-refractivity contribution >= 4 is 57.3 Å². The molecule has 85 heavy (non-hydrogen) atoms. The van der Waals surface area contributed by atoms with Gasteiger partial charge in [-0.1, -0.05) is 70.0 Å². The topological polar surface area (TPSA) is 164 Å². The van der Waals surface area contributed by atoms with Gasteiger partial charge in [0.15, 0.2) is 0 Å². The molecule has 0 bridgehead atoms. The lowest BCUT2D eigenvalue weighted by atomic mass is 9.87. The number of hydrogen-bond donors (Lipinski definition) is 0. The van der Waals surface area contributed by atoms with Gasteiger partial charge < -0.3 is 9.13 Å². The molecule has 2 fully saturated rings. The number of aryl methyl sites for hydroxylation is 2. The van der Waals surface area contributed by atoms with E-state index >= 15 is 4.39 Å². The first-order valence-corrected chi connectivity index (χ1v) is 28.9. The van der Waals surface area contributed by atoms with E-state index in [0.717, 1.165) is 75.9 Å². The zero-order valence-electron chi connectivity index (χ0n) is 44.9. The minimum atomic E-state index is -2.77. The van der Waals surface area contributed by atoms with Gasteiger partial charge in [0.2, 0.25) is 5.95 Å². The molecule has 0 N–H and O–H groups in total. The minimum Gasteiger partial charge on any atom is -0.303 e. The first-order valence-electron chi connectivity index (χ1n) is 28.1. The molecule has 14 nitrogen and oxygen atoms in total. The van der Waals surface area contributed by atoms with Crippen LogP contribution >= 0.6 is 23.2 Å². The summed E-state index contributed by atoms with van der Waals surface area (Å²) in [6.45, 7) is 0. The molecule has 426 valence electrons. The van der Waals surface area contributed by atoms with E-state index in [1.54, 1.807) is 47.0 Å². The second kappa shape index (κ2) is 20.3. The van der Waals surface area contributed by atoms with Crippen LogP contribution in [0.15, 0.2) is 141 Å². The third-order valence-electron chi connectivity index (χ3n) is 18.0. The molecule has 4 aromatic carbocycles. The van der Waals surface area contributed by atoms with Crippen molar-refractivity contribution in [1.82, 2.24) is 39.1 Å². The zero-order valence-corrected chi connectivity index (χ0v) is 46.4. The summed E-state index contributed by atoms with van der Waals surface area (Å²) in [4.78, 5) is 60.3. The lowest BCUT2D eigenvalue weighted by Gasteiger charge is -2.20. The smallest absolute Gasteiger partial charge is 0.283 e. The van der Waals surface area contributed by atoms with E-state index < -0.39 is 30.2 Å². The number of halogens is 7. The number of aliphatic imine (C=N–C) groups is 2. The SMILES string of the molecule is O=C1CCc2cc(C3=C(F)N=C([C@@H]4[C@H]5C[C@H]5c5cc(-c6cc(Cl)ccc6-n6cc(C(F)F)nn6)cc(=O)n54)C3)ccc2C1.O=C1CCc2cc(C3=CN=C([C@@H]4[C@H]5C[C@H]5c5cc(-c6cc(Cl)ccc6-n6cc(C(F)F)nn6)cc(=O)n54)C3)ccc2C1. The second-order valence-corrected chi connectivity index (χ2v) is 24.0. The first kappa shape index (κ1) is 53.2. The highest BCUT2D eigenvalue weighted by Crippen LogP contribution is 2.62. The van der Waals surface area contributed by atoms with Gasteiger partial charge in [0.25, 0.3) is 24.0 Å². The highest BCUT2D eigenvalue weighted by atomic mass is 35.5. The van der Waals surface area contributed by atoms with Crippen LogP contribution in [0.4, 0.5) is 22.0 Å². The van der Waals surface area contributed by atoms with Gasteiger partial charge in [-0.3, -0.25) is 24.2 Å². The number of benzene rings is 4. The Kier molecular flexibility index (Phi) is 12.7. The Morgan fingerprint density at radius 3 is 1.54 bits per heavy atom. The lowest BCUT2D eigenvalue weighted by Crippen LogP contribution is -2.29. The summed E-state index contributed by atoms with van der Waals surface area (Å²) in [6.07, 6.45) is 5.03. The minimum absolute atomic E-state index is 0.0988. The molecule has 0 amide bonds. The Bertz CT molecular complexity index is 4500. The molecular weight excluding hydrogens is 1140 g/mol. The lowest BCUT2D eigenvalue weighted by molar-refractivity contribution is -0.119. The number of allylic oxidation sites excluding steroid dienone is 2. The van der Waals surface area contributed by atoms with E-state index in [2.05, 4.69) is 43.8 Å². The van der Waals surface area contributed by atoms with Crippen LogP contribution in [0.5, 0.6) is 0 Å². The van der Waals surface area contributed by atoms with Crippen LogP contribution in [-0.2, 0) is 35.3 Å². The molecule has 4 aliphatic carbocycles. The summed E-state index contributed by atoms with van der Waals surface area (Å²) in [5.74, 6) is 0.831. The number of fused-ring (bicyclic) bond motifs is 8. The van der Waals surface area contributed by atoms with Gasteiger partial charge in [-0.05, 0) is 136 Å². The van der Waals surface area contributed by atoms with Crippen molar-refractivity contribution in [2.24, 2.45) is 21.8 Å². The summed E-state index contributed by atoms with van der Waals surface area (Å²) >= 11 is 12.7. The van der Waals surface area contributed by atoms with Crippen LogP contribution in [0.1, 0.15) is 131 Å². The standard InChI is InChI=1S/C32H23ClF3N5O2.C32H24ClF2N5O2/c33-19-4-6-27(40-14-26(31(34)35)38-39-40)21(11-19)18-9-28-23-12-24(23)30(41(28)29(43)10-18)25-13-22(32(36)37-25)17-2-1-16-8-20(42)5-3-15(16)7-17;33-21-4-6-28(39-15-27(32(34)35)37-38-39)23(12-21)19-10-29-24-13-25(24)31(40(29)30(42)11-19)26-9-20(14-36-26)17-1-2-18-8-22(41)5-3-16(18)7-17/h1-2,4,6-7,9-11,14,23-24,30-31H,3,5,8,12-13H2;1-2,4,6-7,10-12,14-15,24-25,31-32H,3,5,8-9,13H2/t23-,24+,30+;24-,25+,31+/m11/s1. The Morgan fingerprint density at radius 1 is 0.518 bits per heavy atom. The van der Waals surface area contributed by atoms with Crippen molar-refractivity contribution in [3.63, 3.8) is 0 Å². The molecule has 4 aliphatic heterocycles. The molecule has 16 rings (SSSR count). The molecule has 6 atom stereocenters. The van der Waals surface area contributed by atoms with Crippen LogP contribution in [0, 0.1) is 11.8 Å². The summed E-state index contributed by atoms with van der Waals surface area (Å²) in [6, 6.07) is 28.6. The number of aromatic nitrogens is 8. The third-order valence-corrected chi connectivity index (χ3v) is 18.5. The molecule has 0 radical (unpaired) electrons. The highest BCUT2D eigenvalue weighted by molar-refractivity contribution is 6.31. The van der Waals surface area contributed by atoms with Crippen LogP contribution < -0.4 is 11.1 Å². The number of carbonyl (C=O) groups is 2. The molecule has 0 unspecified atom stereocenters. The van der Waals surface area contributed by atoms with Crippen LogP contribution in [-0.4, -0.2) is 62.1 Å². The summed E-state index contributed by atoms with van der Waals surface area (Å²) < 4.78 is 74.3. The van der Waals surface area contributed by atoms with Gasteiger partial charge in [0, 0.05) is 118 Å². The number of carbonyl (C=O) groups excluding carboxylic acids is 2. The molecule has 2 saturated carbocycles. The van der Waals surface area contributed by atoms with Gasteiger partial charge in [0.1, 0.15) is 23.0 Å². The number of nitrogens with zero attached hydrogens (tertiary/aromatic N) is 10. The van der Waals surface area contributed by atoms with Gasteiger partial charge in [-0.2, -0.15) is 4.39 Å². The maximum atomic E-state index is 15.3. The Hall–Kier alpha value is -8.55. The van der Waals surface area contributed by atoms with Crippen molar-refractivity contribution in [3.8, 4) is 33.6 Å². The Balaban J connectivity index is 0.000000144. The quantitative estimate of drug-likeness (QED) is 0.0964. The number of Topliss-reactive ketones (excluding diaryl/α,β-unsaturated/α-hetero) is 2. The maximum absolute atomic E-state index is 15.3. The highest BCUT2D eigenvalue weighted by Gasteiger charge is 2.56. The van der Waals surface area contributed by atoms with E-state index in [1.165, 1.54) is 27.2 Å². The van der Waals surface area contributed by atoms with Gasteiger partial charge >= 0.3 is 0 Å². The van der Waals surface area contributed by atoms with Crippen LogP contribution in [0.2, 0.25) is 10.0 Å². The molecule has 0 spiro atoms. The van der Waals surface area contributed by atoms with Gasteiger partial charge in [-0.15, -0.1) is 10.2 Å². The average molecular weight is 1190 g/mol. The van der Waals surface area contributed by atoms with Crippen molar-refractivity contribution in [2.45, 2.75) is 101 Å². The monoisotopic (exact) mass is 1180 g/mol. The number of ketones is 2. The van der Waals surface area contributed by atoms with Crippen molar-refractivity contribution in [2.75, 3.05) is 0 Å². The number of alkyl halides is 4. The molecular formula is C64H47Cl2F5N10O4. The summed E-state index contributed by atoms with van der Waals surface area (Å²) in [5.41, 5.74) is 13.4. The zero-order chi connectivity index (χ0) is 58.3. The van der Waals surface area contributed by atoms with Crippen LogP contribution in [0.3, 0.4) is 0 Å². The maximum Gasteiger partial charge on any atom is 0.283 e. The molecule has 8 aliphatic rings. The predicted molar refractivity (Wildman–Crippen MR) is 309 cm³/mol. The van der Waals surface area contributed by atoms with E-state index in [-0.39, 0.29) is 46.7 Å².